The Morgan fingerprint density at radius 2 is 2.00 bits per heavy atom. The van der Waals surface area contributed by atoms with Crippen LogP contribution < -0.4 is 5.32 Å². The zero-order valence-corrected chi connectivity index (χ0v) is 9.81. The first-order valence-corrected chi connectivity index (χ1v) is 5.65. The van der Waals surface area contributed by atoms with Gasteiger partial charge in [0.25, 0.3) is 0 Å². The van der Waals surface area contributed by atoms with E-state index in [0.29, 0.717) is 5.56 Å². The minimum Gasteiger partial charge on any atom is -0.395 e. The Balaban J connectivity index is 2.61. The molecule has 1 aromatic rings. The summed E-state index contributed by atoms with van der Waals surface area (Å²) in [6.07, 6.45) is 0.808. The van der Waals surface area contributed by atoms with Crippen molar-refractivity contribution in [3.8, 4) is 0 Å². The smallest absolute Gasteiger partial charge is 0.179 e. The number of carbonyl (C=O) groups is 1. The van der Waals surface area contributed by atoms with E-state index < -0.39 is 0 Å². The number of carbonyl (C=O) groups excluding carboxylic acids is 1. The first-order chi connectivity index (χ1) is 7.69. The zero-order chi connectivity index (χ0) is 12.0. The van der Waals surface area contributed by atoms with Crippen LogP contribution in [0.5, 0.6) is 0 Å². The SMILES string of the molecule is CCC(CO)NC(C)C(=O)c1ccccc1. The summed E-state index contributed by atoms with van der Waals surface area (Å²) in [5, 5.41) is 12.2. The van der Waals surface area contributed by atoms with E-state index in [0.717, 1.165) is 6.42 Å². The van der Waals surface area contributed by atoms with Gasteiger partial charge in [0.2, 0.25) is 0 Å². The summed E-state index contributed by atoms with van der Waals surface area (Å²) >= 11 is 0. The molecule has 2 atom stereocenters. The van der Waals surface area contributed by atoms with Crippen molar-refractivity contribution in [1.29, 1.82) is 0 Å². The van der Waals surface area contributed by atoms with Gasteiger partial charge < -0.3 is 10.4 Å². The fourth-order valence-corrected chi connectivity index (χ4v) is 1.58. The number of aliphatic hydroxyl groups excluding tert-OH is 1. The Hall–Kier alpha value is -1.19. The van der Waals surface area contributed by atoms with Crippen LogP contribution in [0.3, 0.4) is 0 Å². The molecule has 0 aliphatic heterocycles. The lowest BCUT2D eigenvalue weighted by molar-refractivity contribution is 0.0936. The van der Waals surface area contributed by atoms with Gasteiger partial charge in [0.1, 0.15) is 0 Å². The van der Waals surface area contributed by atoms with Crippen LogP contribution in [-0.4, -0.2) is 29.6 Å². The lowest BCUT2D eigenvalue weighted by Gasteiger charge is -2.19. The third kappa shape index (κ3) is 3.43. The second kappa shape index (κ2) is 6.40. The first kappa shape index (κ1) is 12.9. The van der Waals surface area contributed by atoms with Crippen molar-refractivity contribution in [3.05, 3.63) is 35.9 Å². The maximum absolute atomic E-state index is 12.0. The standard InChI is InChI=1S/C13H19NO2/c1-3-12(9-15)14-10(2)13(16)11-7-5-4-6-8-11/h4-8,10,12,14-15H,3,9H2,1-2H3. The van der Waals surface area contributed by atoms with Crippen molar-refractivity contribution < 1.29 is 9.90 Å². The van der Waals surface area contributed by atoms with Gasteiger partial charge >= 0.3 is 0 Å². The van der Waals surface area contributed by atoms with Crippen LogP contribution >= 0.6 is 0 Å². The van der Waals surface area contributed by atoms with Gasteiger partial charge in [0.05, 0.1) is 12.6 Å². The largest absolute Gasteiger partial charge is 0.395 e. The fraction of sp³-hybridized carbons (Fsp3) is 0.462. The molecular formula is C13H19NO2. The minimum atomic E-state index is -0.264. The predicted octanol–water partition coefficient (Wildman–Crippen LogP) is 1.62. The second-order valence-corrected chi connectivity index (χ2v) is 3.91. The molecule has 0 saturated heterocycles. The predicted molar refractivity (Wildman–Crippen MR) is 64.5 cm³/mol. The van der Waals surface area contributed by atoms with Gasteiger partial charge in [-0.25, -0.2) is 0 Å². The highest BCUT2D eigenvalue weighted by atomic mass is 16.3. The van der Waals surface area contributed by atoms with Crippen molar-refractivity contribution >= 4 is 5.78 Å². The minimum absolute atomic E-state index is 0.0114. The van der Waals surface area contributed by atoms with Gasteiger partial charge in [0, 0.05) is 11.6 Å². The molecule has 3 nitrogen and oxygen atoms in total. The van der Waals surface area contributed by atoms with Gasteiger partial charge in [-0.2, -0.15) is 0 Å². The number of ketones is 1. The topological polar surface area (TPSA) is 49.3 Å². The Morgan fingerprint density at radius 3 is 2.50 bits per heavy atom. The molecule has 16 heavy (non-hydrogen) atoms. The molecule has 0 aromatic heterocycles. The van der Waals surface area contributed by atoms with Gasteiger partial charge in [-0.1, -0.05) is 37.3 Å². The molecule has 0 fully saturated rings. The average Bonchev–Trinajstić information content (AvgIpc) is 2.35. The van der Waals surface area contributed by atoms with E-state index in [-0.39, 0.29) is 24.5 Å². The molecule has 0 amide bonds. The summed E-state index contributed by atoms with van der Waals surface area (Å²) in [5.41, 5.74) is 0.704. The van der Waals surface area contributed by atoms with Gasteiger partial charge in [0.15, 0.2) is 5.78 Å². The van der Waals surface area contributed by atoms with Crippen molar-refractivity contribution in [3.63, 3.8) is 0 Å². The van der Waals surface area contributed by atoms with Crippen LogP contribution in [0, 0.1) is 0 Å². The van der Waals surface area contributed by atoms with E-state index in [2.05, 4.69) is 5.32 Å². The highest BCUT2D eigenvalue weighted by molar-refractivity contribution is 5.99. The lowest BCUT2D eigenvalue weighted by atomic mass is 10.0. The monoisotopic (exact) mass is 221 g/mol. The first-order valence-electron chi connectivity index (χ1n) is 5.65. The molecule has 1 rings (SSSR count). The van der Waals surface area contributed by atoms with Crippen LogP contribution in [0.25, 0.3) is 0 Å². The molecule has 3 heteroatoms. The number of hydrogen-bond acceptors (Lipinski definition) is 3. The molecule has 0 saturated carbocycles. The van der Waals surface area contributed by atoms with Crippen LogP contribution in [0.4, 0.5) is 0 Å². The van der Waals surface area contributed by atoms with Crippen molar-refractivity contribution in [2.75, 3.05) is 6.61 Å². The molecule has 0 aliphatic carbocycles. The van der Waals surface area contributed by atoms with Gasteiger partial charge in [-0.15, -0.1) is 0 Å². The molecule has 0 heterocycles. The Kier molecular flexibility index (Phi) is 5.15. The molecule has 1 aromatic carbocycles. The van der Waals surface area contributed by atoms with E-state index in [1.165, 1.54) is 0 Å². The third-order valence-corrected chi connectivity index (χ3v) is 2.65. The number of benzene rings is 1. The molecule has 0 spiro atoms. The highest BCUT2D eigenvalue weighted by Gasteiger charge is 2.17. The number of hydrogen-bond donors (Lipinski definition) is 2. The molecule has 0 bridgehead atoms. The number of rotatable bonds is 6. The summed E-state index contributed by atoms with van der Waals surface area (Å²) in [7, 11) is 0. The Morgan fingerprint density at radius 1 is 1.38 bits per heavy atom. The molecule has 0 radical (unpaired) electrons. The van der Waals surface area contributed by atoms with E-state index in [9.17, 15) is 4.79 Å². The molecular weight excluding hydrogens is 202 g/mol. The highest BCUT2D eigenvalue weighted by Crippen LogP contribution is 2.04. The normalized spacial score (nSPS) is 14.4. The van der Waals surface area contributed by atoms with Crippen molar-refractivity contribution in [2.45, 2.75) is 32.4 Å². The van der Waals surface area contributed by atoms with E-state index >= 15 is 0 Å². The fourth-order valence-electron chi connectivity index (χ4n) is 1.58. The Bertz CT molecular complexity index is 320. The van der Waals surface area contributed by atoms with Crippen molar-refractivity contribution in [2.24, 2.45) is 0 Å². The second-order valence-electron chi connectivity index (χ2n) is 3.91. The quantitative estimate of drug-likeness (QED) is 0.718. The van der Waals surface area contributed by atoms with Gasteiger partial charge in [-0.05, 0) is 13.3 Å². The van der Waals surface area contributed by atoms with Crippen LogP contribution in [0.2, 0.25) is 0 Å². The maximum atomic E-state index is 12.0. The summed E-state index contributed by atoms with van der Waals surface area (Å²) in [6, 6.07) is 8.92. The molecule has 0 aliphatic rings. The van der Waals surface area contributed by atoms with Crippen LogP contribution in [0.1, 0.15) is 30.6 Å². The number of aliphatic hydroxyl groups is 1. The maximum Gasteiger partial charge on any atom is 0.179 e. The van der Waals surface area contributed by atoms with Crippen LogP contribution in [0.15, 0.2) is 30.3 Å². The van der Waals surface area contributed by atoms with E-state index in [1.807, 2.05) is 32.0 Å². The van der Waals surface area contributed by atoms with Crippen molar-refractivity contribution in [1.82, 2.24) is 5.32 Å². The summed E-state index contributed by atoms with van der Waals surface area (Å²) < 4.78 is 0. The van der Waals surface area contributed by atoms with Crippen LogP contribution in [-0.2, 0) is 0 Å². The van der Waals surface area contributed by atoms with E-state index in [4.69, 9.17) is 5.11 Å². The average molecular weight is 221 g/mol. The Labute approximate surface area is 96.5 Å². The zero-order valence-electron chi connectivity index (χ0n) is 9.81. The lowest BCUT2D eigenvalue weighted by Crippen LogP contribution is -2.42. The third-order valence-electron chi connectivity index (χ3n) is 2.65. The van der Waals surface area contributed by atoms with E-state index in [1.54, 1.807) is 12.1 Å². The summed E-state index contributed by atoms with van der Waals surface area (Å²) in [5.74, 6) is 0.0625. The van der Waals surface area contributed by atoms with Gasteiger partial charge in [-0.3, -0.25) is 4.79 Å². The summed E-state index contributed by atoms with van der Waals surface area (Å²) in [6.45, 7) is 3.87. The molecule has 2 unspecified atom stereocenters. The molecule has 88 valence electrons. The summed E-state index contributed by atoms with van der Waals surface area (Å²) in [4.78, 5) is 12.0. The molecule has 2 N–H and O–H groups in total. The number of Topliss-reactive ketones (excluding diaryl/α,β-unsaturated/α-hetero) is 1. The number of nitrogens with one attached hydrogen (secondary N) is 1.